The van der Waals surface area contributed by atoms with Gasteiger partial charge in [0.15, 0.2) is 11.5 Å². The van der Waals surface area contributed by atoms with Crippen molar-refractivity contribution in [1.29, 1.82) is 0 Å². The van der Waals surface area contributed by atoms with E-state index >= 15 is 0 Å². The summed E-state index contributed by atoms with van der Waals surface area (Å²) in [7, 11) is 1.47. The number of H-pyrrole nitrogens is 1. The van der Waals surface area contributed by atoms with Crippen LogP contribution in [-0.2, 0) is 0 Å². The number of fused-ring (bicyclic) bond motifs is 3. The van der Waals surface area contributed by atoms with Crippen LogP contribution >= 0.6 is 11.6 Å². The minimum absolute atomic E-state index is 0.247. The molecule has 0 atom stereocenters. The van der Waals surface area contributed by atoms with E-state index in [0.717, 1.165) is 32.8 Å². The molecule has 0 unspecified atom stereocenters. The molecule has 6 rings (SSSR count). The molecule has 0 saturated heterocycles. The predicted molar refractivity (Wildman–Crippen MR) is 166 cm³/mol. The number of carbonyl (C=O) groups is 2. The third kappa shape index (κ3) is 5.33. The zero-order valence-corrected chi connectivity index (χ0v) is 23.2. The first kappa shape index (κ1) is 26.8. The molecule has 206 valence electrons. The molecule has 0 aliphatic carbocycles. The molecule has 0 aliphatic rings. The van der Waals surface area contributed by atoms with Gasteiger partial charge in [-0.25, -0.2) is 10.2 Å². The van der Waals surface area contributed by atoms with E-state index in [4.69, 9.17) is 21.1 Å². The lowest BCUT2D eigenvalue weighted by atomic mass is 9.99. The Balaban J connectivity index is 1.25. The molecule has 0 radical (unpaired) electrons. The summed E-state index contributed by atoms with van der Waals surface area (Å²) in [5.41, 5.74) is 6.64. The first-order valence-corrected chi connectivity index (χ1v) is 13.5. The SMILES string of the molecule is COc1cc(C=NNC(=O)c2[nH]c3c(ccc4ccccc43)c2-c2ccccc2)ccc1OC(=O)c1ccc(Cl)cc1. The van der Waals surface area contributed by atoms with Crippen LogP contribution in [0.4, 0.5) is 0 Å². The van der Waals surface area contributed by atoms with Gasteiger partial charge < -0.3 is 14.5 Å². The second-order valence-electron chi connectivity index (χ2n) is 9.46. The van der Waals surface area contributed by atoms with E-state index in [0.29, 0.717) is 27.6 Å². The van der Waals surface area contributed by atoms with E-state index in [2.05, 4.69) is 21.6 Å². The number of hydrogen-bond donors (Lipinski definition) is 2. The number of esters is 1. The number of hydrazone groups is 1. The Bertz CT molecular complexity index is 1970. The number of nitrogens with one attached hydrogen (secondary N) is 2. The summed E-state index contributed by atoms with van der Waals surface area (Å²) in [6.45, 7) is 0. The van der Waals surface area contributed by atoms with Crippen molar-refractivity contribution in [1.82, 2.24) is 10.4 Å². The number of aromatic nitrogens is 1. The first-order chi connectivity index (χ1) is 20.5. The topological polar surface area (TPSA) is 92.8 Å². The molecule has 1 heterocycles. The fraction of sp³-hybridized carbons (Fsp3) is 0.0294. The van der Waals surface area contributed by atoms with Gasteiger partial charge in [0.05, 0.1) is 24.4 Å². The number of hydrogen-bond acceptors (Lipinski definition) is 5. The number of aromatic amines is 1. The van der Waals surface area contributed by atoms with Gasteiger partial charge in [0.2, 0.25) is 0 Å². The second-order valence-corrected chi connectivity index (χ2v) is 9.89. The third-order valence-electron chi connectivity index (χ3n) is 6.84. The Hall–Kier alpha value is -5.40. The average molecular weight is 574 g/mol. The van der Waals surface area contributed by atoms with Crippen molar-refractivity contribution in [2.75, 3.05) is 7.11 Å². The van der Waals surface area contributed by atoms with Crippen LogP contribution < -0.4 is 14.9 Å². The van der Waals surface area contributed by atoms with E-state index in [-0.39, 0.29) is 11.7 Å². The molecule has 1 amide bonds. The summed E-state index contributed by atoms with van der Waals surface area (Å²) in [5, 5.41) is 7.76. The van der Waals surface area contributed by atoms with Crippen molar-refractivity contribution >= 4 is 51.4 Å². The van der Waals surface area contributed by atoms with E-state index < -0.39 is 5.97 Å². The maximum atomic E-state index is 13.4. The third-order valence-corrected chi connectivity index (χ3v) is 7.09. The molecular weight excluding hydrogens is 550 g/mol. The summed E-state index contributed by atoms with van der Waals surface area (Å²) in [6.07, 6.45) is 1.49. The molecule has 1 aromatic heterocycles. The molecule has 6 aromatic rings. The standard InChI is InChI=1S/C34H24ClN3O4/c1-41-29-19-21(11-18-28(29)42-34(40)24-12-15-25(35)16-13-24)20-36-38-33(39)32-30(23-8-3-2-4-9-23)27-17-14-22-7-5-6-10-26(22)31(27)37-32/h2-20,37H,1H3,(H,38,39). The van der Waals surface area contributed by atoms with Crippen molar-refractivity contribution < 1.29 is 19.1 Å². The van der Waals surface area contributed by atoms with E-state index in [1.165, 1.54) is 13.3 Å². The Morgan fingerprint density at radius 2 is 1.60 bits per heavy atom. The van der Waals surface area contributed by atoms with Gasteiger partial charge in [-0.15, -0.1) is 0 Å². The zero-order valence-electron chi connectivity index (χ0n) is 22.4. The van der Waals surface area contributed by atoms with E-state index in [9.17, 15) is 9.59 Å². The van der Waals surface area contributed by atoms with Crippen LogP contribution in [0.25, 0.3) is 32.8 Å². The Morgan fingerprint density at radius 3 is 2.38 bits per heavy atom. The van der Waals surface area contributed by atoms with Crippen LogP contribution in [0.3, 0.4) is 0 Å². The van der Waals surface area contributed by atoms with Crippen molar-refractivity contribution in [2.45, 2.75) is 0 Å². The van der Waals surface area contributed by atoms with Crippen molar-refractivity contribution in [3.05, 3.63) is 131 Å². The molecule has 0 saturated carbocycles. The highest BCUT2D eigenvalue weighted by atomic mass is 35.5. The van der Waals surface area contributed by atoms with Crippen LogP contribution in [0.15, 0.2) is 114 Å². The summed E-state index contributed by atoms with van der Waals surface area (Å²) in [6, 6.07) is 33.3. The van der Waals surface area contributed by atoms with Gasteiger partial charge in [-0.3, -0.25) is 4.79 Å². The minimum atomic E-state index is -0.543. The number of ether oxygens (including phenoxy) is 2. The minimum Gasteiger partial charge on any atom is -0.493 e. The molecule has 2 N–H and O–H groups in total. The molecule has 0 fully saturated rings. The van der Waals surface area contributed by atoms with Gasteiger partial charge in [-0.2, -0.15) is 5.10 Å². The number of nitrogens with zero attached hydrogens (tertiary/aromatic N) is 1. The lowest BCUT2D eigenvalue weighted by Gasteiger charge is -2.10. The number of amides is 1. The highest BCUT2D eigenvalue weighted by molar-refractivity contribution is 6.30. The molecule has 42 heavy (non-hydrogen) atoms. The molecule has 5 aromatic carbocycles. The number of halogens is 1. The highest BCUT2D eigenvalue weighted by Gasteiger charge is 2.20. The van der Waals surface area contributed by atoms with Gasteiger partial charge >= 0.3 is 5.97 Å². The van der Waals surface area contributed by atoms with Crippen molar-refractivity contribution in [3.8, 4) is 22.6 Å². The Morgan fingerprint density at radius 1 is 0.833 bits per heavy atom. The van der Waals surface area contributed by atoms with E-state index in [1.54, 1.807) is 42.5 Å². The maximum Gasteiger partial charge on any atom is 0.343 e. The van der Waals surface area contributed by atoms with Crippen LogP contribution in [0.5, 0.6) is 11.5 Å². The number of benzene rings is 5. The second kappa shape index (κ2) is 11.6. The van der Waals surface area contributed by atoms with Gasteiger partial charge in [0, 0.05) is 21.4 Å². The molecule has 0 spiro atoms. The lowest BCUT2D eigenvalue weighted by Crippen LogP contribution is -2.18. The van der Waals surface area contributed by atoms with Crippen LogP contribution in [0.2, 0.25) is 5.02 Å². The summed E-state index contributed by atoms with van der Waals surface area (Å²) in [5.74, 6) is -0.345. The average Bonchev–Trinajstić information content (AvgIpc) is 3.43. The molecular formula is C34H24ClN3O4. The number of methoxy groups -OCH3 is 1. The lowest BCUT2D eigenvalue weighted by molar-refractivity contribution is 0.0729. The van der Waals surface area contributed by atoms with E-state index in [1.807, 2.05) is 60.7 Å². The maximum absolute atomic E-state index is 13.4. The normalized spacial score (nSPS) is 11.2. The van der Waals surface area contributed by atoms with Crippen LogP contribution in [0.1, 0.15) is 26.4 Å². The largest absolute Gasteiger partial charge is 0.493 e. The van der Waals surface area contributed by atoms with Crippen molar-refractivity contribution in [3.63, 3.8) is 0 Å². The predicted octanol–water partition coefficient (Wildman–Crippen LogP) is 7.63. The van der Waals surface area contributed by atoms with Gasteiger partial charge in [0.25, 0.3) is 5.91 Å². The quantitative estimate of drug-likeness (QED) is 0.0888. The van der Waals surface area contributed by atoms with Gasteiger partial charge in [-0.05, 0) is 59.0 Å². The summed E-state index contributed by atoms with van der Waals surface area (Å²) < 4.78 is 10.9. The molecule has 7 nitrogen and oxygen atoms in total. The van der Waals surface area contributed by atoms with Crippen LogP contribution in [-0.4, -0.2) is 30.2 Å². The molecule has 8 heteroatoms. The zero-order chi connectivity index (χ0) is 29.1. The Labute approximate surface area is 246 Å². The number of rotatable bonds is 7. The fourth-order valence-corrected chi connectivity index (χ4v) is 4.95. The summed E-state index contributed by atoms with van der Waals surface area (Å²) >= 11 is 5.90. The van der Waals surface area contributed by atoms with Crippen LogP contribution in [0, 0.1) is 0 Å². The van der Waals surface area contributed by atoms with Crippen molar-refractivity contribution in [2.24, 2.45) is 5.10 Å². The monoisotopic (exact) mass is 573 g/mol. The fourth-order valence-electron chi connectivity index (χ4n) is 4.83. The highest BCUT2D eigenvalue weighted by Crippen LogP contribution is 2.36. The molecule has 0 bridgehead atoms. The smallest absolute Gasteiger partial charge is 0.343 e. The van der Waals surface area contributed by atoms with Gasteiger partial charge in [-0.1, -0.05) is 78.3 Å². The summed E-state index contributed by atoms with van der Waals surface area (Å²) in [4.78, 5) is 29.3. The Kier molecular flexibility index (Phi) is 7.41. The molecule has 0 aliphatic heterocycles. The number of carbonyl (C=O) groups excluding carboxylic acids is 2. The first-order valence-electron chi connectivity index (χ1n) is 13.1. The van der Waals surface area contributed by atoms with Gasteiger partial charge in [0.1, 0.15) is 5.69 Å².